The summed E-state index contributed by atoms with van der Waals surface area (Å²) in [6.07, 6.45) is 0.947. The fraction of sp³-hybridized carbons (Fsp3) is 0.316. The Morgan fingerprint density at radius 3 is 2.70 bits per heavy atom. The molecule has 1 aliphatic rings. The van der Waals surface area contributed by atoms with Crippen molar-refractivity contribution >= 4 is 27.5 Å². The molecule has 4 heteroatoms. The average molecular weight is 373 g/mol. The van der Waals surface area contributed by atoms with Crippen LogP contribution in [0.4, 0.5) is 5.69 Å². The maximum atomic E-state index is 12.9. The summed E-state index contributed by atoms with van der Waals surface area (Å²) in [5, 5.41) is 0. The lowest BCUT2D eigenvalue weighted by atomic mass is 10.1. The van der Waals surface area contributed by atoms with Crippen LogP contribution in [0.1, 0.15) is 18.1 Å². The SMILES string of the molecule is C[C@@H](C(=O)N1CCc2ccccc21)N(C)Cc1ccccc1Br. The van der Waals surface area contributed by atoms with Crippen molar-refractivity contribution in [2.75, 3.05) is 18.5 Å². The molecule has 0 spiro atoms. The third-order valence-electron chi connectivity index (χ3n) is 4.55. The van der Waals surface area contributed by atoms with Gasteiger partial charge in [-0.2, -0.15) is 0 Å². The second kappa shape index (κ2) is 6.85. The summed E-state index contributed by atoms with van der Waals surface area (Å²) in [5.41, 5.74) is 3.52. The lowest BCUT2D eigenvalue weighted by Gasteiger charge is -2.28. The van der Waals surface area contributed by atoms with E-state index < -0.39 is 0 Å². The van der Waals surface area contributed by atoms with Crippen LogP contribution in [0.5, 0.6) is 0 Å². The Bertz CT molecular complexity index is 716. The smallest absolute Gasteiger partial charge is 0.244 e. The lowest BCUT2D eigenvalue weighted by Crippen LogP contribution is -2.45. The number of nitrogens with zero attached hydrogens (tertiary/aromatic N) is 2. The molecule has 1 aliphatic heterocycles. The highest BCUT2D eigenvalue weighted by atomic mass is 79.9. The van der Waals surface area contributed by atoms with E-state index in [1.54, 1.807) is 0 Å². The first-order valence-corrected chi connectivity index (χ1v) is 8.70. The predicted octanol–water partition coefficient (Wildman–Crippen LogP) is 3.86. The number of rotatable bonds is 4. The van der Waals surface area contributed by atoms with Gasteiger partial charge in [0.2, 0.25) is 5.91 Å². The van der Waals surface area contributed by atoms with E-state index in [9.17, 15) is 4.79 Å². The molecule has 2 aromatic rings. The highest BCUT2D eigenvalue weighted by Gasteiger charge is 2.29. The Labute approximate surface area is 146 Å². The van der Waals surface area contributed by atoms with Crippen LogP contribution in [0, 0.1) is 0 Å². The highest BCUT2D eigenvalue weighted by molar-refractivity contribution is 9.10. The van der Waals surface area contributed by atoms with E-state index in [-0.39, 0.29) is 11.9 Å². The van der Waals surface area contributed by atoms with E-state index in [2.05, 4.69) is 33.0 Å². The maximum absolute atomic E-state index is 12.9. The van der Waals surface area contributed by atoms with E-state index in [1.165, 1.54) is 11.1 Å². The normalized spacial score (nSPS) is 14.9. The first-order valence-electron chi connectivity index (χ1n) is 7.91. The fourth-order valence-electron chi connectivity index (χ4n) is 3.01. The summed E-state index contributed by atoms with van der Waals surface area (Å²) in [6, 6.07) is 16.2. The Morgan fingerprint density at radius 2 is 1.91 bits per heavy atom. The minimum atomic E-state index is -0.159. The number of amides is 1. The van der Waals surface area contributed by atoms with Crippen LogP contribution in [0.3, 0.4) is 0 Å². The van der Waals surface area contributed by atoms with Gasteiger partial charge in [0.15, 0.2) is 0 Å². The van der Waals surface area contributed by atoms with Crippen molar-refractivity contribution in [3.63, 3.8) is 0 Å². The first-order chi connectivity index (χ1) is 11.1. The van der Waals surface area contributed by atoms with Crippen molar-refractivity contribution < 1.29 is 4.79 Å². The van der Waals surface area contributed by atoms with Gasteiger partial charge < -0.3 is 4.90 Å². The number of para-hydroxylation sites is 1. The zero-order chi connectivity index (χ0) is 16.4. The van der Waals surface area contributed by atoms with E-state index >= 15 is 0 Å². The molecule has 0 saturated carbocycles. The number of hydrogen-bond donors (Lipinski definition) is 0. The van der Waals surface area contributed by atoms with Gasteiger partial charge in [-0.3, -0.25) is 9.69 Å². The molecule has 1 amide bonds. The van der Waals surface area contributed by atoms with Crippen LogP contribution in [-0.4, -0.2) is 30.4 Å². The first kappa shape index (κ1) is 16.2. The van der Waals surface area contributed by atoms with Gasteiger partial charge in [-0.15, -0.1) is 0 Å². The molecular weight excluding hydrogens is 352 g/mol. The van der Waals surface area contributed by atoms with Crippen LogP contribution in [0.25, 0.3) is 0 Å². The number of benzene rings is 2. The van der Waals surface area contributed by atoms with Crippen molar-refractivity contribution in [2.24, 2.45) is 0 Å². The van der Waals surface area contributed by atoms with Gasteiger partial charge in [0.25, 0.3) is 0 Å². The Kier molecular flexibility index (Phi) is 4.83. The largest absolute Gasteiger partial charge is 0.310 e. The Balaban J connectivity index is 1.72. The summed E-state index contributed by atoms with van der Waals surface area (Å²) in [5.74, 6) is 0.171. The zero-order valence-corrected chi connectivity index (χ0v) is 15.1. The third kappa shape index (κ3) is 3.33. The molecule has 3 rings (SSSR count). The predicted molar refractivity (Wildman–Crippen MR) is 97.6 cm³/mol. The number of carbonyl (C=O) groups is 1. The quantitative estimate of drug-likeness (QED) is 0.813. The topological polar surface area (TPSA) is 23.6 Å². The molecule has 1 atom stereocenters. The highest BCUT2D eigenvalue weighted by Crippen LogP contribution is 2.28. The third-order valence-corrected chi connectivity index (χ3v) is 5.32. The molecule has 1 heterocycles. The monoisotopic (exact) mass is 372 g/mol. The minimum absolute atomic E-state index is 0.159. The van der Waals surface area contributed by atoms with Gasteiger partial charge in [0.05, 0.1) is 6.04 Å². The minimum Gasteiger partial charge on any atom is -0.310 e. The average Bonchev–Trinajstić information content (AvgIpc) is 2.99. The standard InChI is InChI=1S/C19H21BrN2O/c1-14(21(2)13-16-8-3-5-9-17(16)20)19(23)22-12-11-15-7-4-6-10-18(15)22/h3-10,14H,11-13H2,1-2H3/t14-/m0/s1. The lowest BCUT2D eigenvalue weighted by molar-refractivity contribution is -0.122. The number of halogens is 1. The number of hydrogen-bond acceptors (Lipinski definition) is 2. The molecule has 0 N–H and O–H groups in total. The Morgan fingerprint density at radius 1 is 1.22 bits per heavy atom. The Hall–Kier alpha value is -1.65. The summed E-state index contributed by atoms with van der Waals surface area (Å²) >= 11 is 3.58. The summed E-state index contributed by atoms with van der Waals surface area (Å²) in [6.45, 7) is 3.51. The van der Waals surface area contributed by atoms with Crippen LogP contribution in [-0.2, 0) is 17.8 Å². The number of carbonyl (C=O) groups excluding carboxylic acids is 1. The van der Waals surface area contributed by atoms with Crippen molar-refractivity contribution in [3.8, 4) is 0 Å². The van der Waals surface area contributed by atoms with Crippen LogP contribution in [0.15, 0.2) is 53.0 Å². The van der Waals surface area contributed by atoms with Gasteiger partial charge in [0.1, 0.15) is 0 Å². The van der Waals surface area contributed by atoms with E-state index in [0.29, 0.717) is 0 Å². The second-order valence-corrected chi connectivity index (χ2v) is 6.91. The van der Waals surface area contributed by atoms with Crippen molar-refractivity contribution in [1.82, 2.24) is 4.90 Å². The molecule has 120 valence electrons. The van der Waals surface area contributed by atoms with Crippen LogP contribution in [0.2, 0.25) is 0 Å². The van der Waals surface area contributed by atoms with E-state index in [0.717, 1.165) is 29.7 Å². The molecule has 0 bridgehead atoms. The van der Waals surface area contributed by atoms with Crippen molar-refractivity contribution in [1.29, 1.82) is 0 Å². The second-order valence-electron chi connectivity index (χ2n) is 6.05. The molecule has 0 unspecified atom stereocenters. The van der Waals surface area contributed by atoms with Crippen molar-refractivity contribution in [2.45, 2.75) is 25.9 Å². The number of anilines is 1. The number of fused-ring (bicyclic) bond motifs is 1. The van der Waals surface area contributed by atoms with E-state index in [4.69, 9.17) is 0 Å². The van der Waals surface area contributed by atoms with Gasteiger partial charge in [-0.25, -0.2) is 0 Å². The van der Waals surface area contributed by atoms with Gasteiger partial charge >= 0.3 is 0 Å². The van der Waals surface area contributed by atoms with Gasteiger partial charge in [-0.1, -0.05) is 52.3 Å². The molecule has 0 aliphatic carbocycles. The van der Waals surface area contributed by atoms with Gasteiger partial charge in [0, 0.05) is 23.2 Å². The molecule has 0 aromatic heterocycles. The summed E-state index contributed by atoms with van der Waals surface area (Å²) in [7, 11) is 2.00. The van der Waals surface area contributed by atoms with Crippen LogP contribution >= 0.6 is 15.9 Å². The van der Waals surface area contributed by atoms with Crippen molar-refractivity contribution in [3.05, 3.63) is 64.1 Å². The summed E-state index contributed by atoms with van der Waals surface area (Å²) < 4.78 is 1.08. The fourth-order valence-corrected chi connectivity index (χ4v) is 3.42. The van der Waals surface area contributed by atoms with E-state index in [1.807, 2.05) is 55.3 Å². The van der Waals surface area contributed by atoms with Crippen LogP contribution < -0.4 is 4.90 Å². The zero-order valence-electron chi connectivity index (χ0n) is 13.5. The summed E-state index contributed by atoms with van der Waals surface area (Å²) in [4.78, 5) is 16.9. The van der Waals surface area contributed by atoms with Gasteiger partial charge in [-0.05, 0) is 43.7 Å². The number of likely N-dealkylation sites (N-methyl/N-ethyl adjacent to an activating group) is 1. The molecule has 23 heavy (non-hydrogen) atoms. The molecule has 0 radical (unpaired) electrons. The molecule has 0 fully saturated rings. The molecular formula is C19H21BrN2O. The molecule has 0 saturated heterocycles. The molecule has 2 aromatic carbocycles. The maximum Gasteiger partial charge on any atom is 0.244 e. The molecule has 3 nitrogen and oxygen atoms in total.